The van der Waals surface area contributed by atoms with Gasteiger partial charge in [0.05, 0.1) is 4.91 Å². The highest BCUT2D eigenvalue weighted by Crippen LogP contribution is 2.32. The number of carbonyl (C=O) groups excluding carboxylic acids is 2. The summed E-state index contributed by atoms with van der Waals surface area (Å²) in [6, 6.07) is 17.6. The molecule has 2 amide bonds. The van der Waals surface area contributed by atoms with Gasteiger partial charge in [0.15, 0.2) is 0 Å². The molecule has 2 aromatic carbocycles. The van der Waals surface area contributed by atoms with Crippen molar-refractivity contribution in [2.24, 2.45) is 0 Å². The Balaban J connectivity index is 1.52. The molecule has 2 aromatic rings. The van der Waals surface area contributed by atoms with Gasteiger partial charge >= 0.3 is 0 Å². The molecular weight excluding hydrogens is 527 g/mol. The molecule has 0 unspecified atom stereocenters. The molecule has 1 saturated heterocycles. The molecule has 1 aliphatic heterocycles. The lowest BCUT2D eigenvalue weighted by molar-refractivity contribution is -0.122. The minimum atomic E-state index is -0.0937. The zero-order chi connectivity index (χ0) is 21.5. The van der Waals surface area contributed by atoms with Crippen LogP contribution in [0.1, 0.15) is 25.3 Å². The normalized spacial score (nSPS) is 15.7. The van der Waals surface area contributed by atoms with E-state index < -0.39 is 0 Å². The van der Waals surface area contributed by atoms with Crippen LogP contribution in [0.2, 0.25) is 0 Å². The second-order valence-corrected chi connectivity index (χ2v) is 9.71. The standard InChI is InChI=1S/C23H21IN2O2S2/c1-16(14-17-6-3-2-4-7-17)15-20-22(28)26(23(29)30-20)13-5-8-21(27)25-19-11-9-18(24)10-12-19/h2-4,6-7,9-12,14-15H,5,8,13H2,1H3,(H,25,27). The average molecular weight is 548 g/mol. The summed E-state index contributed by atoms with van der Waals surface area (Å²) in [7, 11) is 0. The molecule has 1 heterocycles. The third-order valence-corrected chi connectivity index (χ3v) is 6.44. The van der Waals surface area contributed by atoms with E-state index in [1.54, 1.807) is 4.90 Å². The number of benzene rings is 2. The summed E-state index contributed by atoms with van der Waals surface area (Å²) in [4.78, 5) is 27.1. The number of anilines is 1. The van der Waals surface area contributed by atoms with Crippen LogP contribution < -0.4 is 5.32 Å². The monoisotopic (exact) mass is 548 g/mol. The molecule has 0 atom stereocenters. The maximum absolute atomic E-state index is 12.7. The van der Waals surface area contributed by atoms with Crippen molar-refractivity contribution < 1.29 is 9.59 Å². The van der Waals surface area contributed by atoms with E-state index in [1.165, 1.54) is 11.8 Å². The van der Waals surface area contributed by atoms with Crippen molar-refractivity contribution in [3.8, 4) is 0 Å². The molecule has 154 valence electrons. The fourth-order valence-corrected chi connectivity index (χ4v) is 4.63. The number of hydrogen-bond acceptors (Lipinski definition) is 4. The number of carbonyl (C=O) groups is 2. The van der Waals surface area contributed by atoms with Gasteiger partial charge in [-0.15, -0.1) is 0 Å². The Hall–Kier alpha value is -1.97. The van der Waals surface area contributed by atoms with Gasteiger partial charge < -0.3 is 5.32 Å². The van der Waals surface area contributed by atoms with Crippen LogP contribution >= 0.6 is 46.6 Å². The zero-order valence-electron chi connectivity index (χ0n) is 16.4. The minimum absolute atomic E-state index is 0.0705. The maximum Gasteiger partial charge on any atom is 0.266 e. The molecule has 1 fully saturated rings. The lowest BCUT2D eigenvalue weighted by atomic mass is 10.1. The fraction of sp³-hybridized carbons (Fsp3) is 0.174. The number of hydrogen-bond donors (Lipinski definition) is 1. The van der Waals surface area contributed by atoms with E-state index >= 15 is 0 Å². The lowest BCUT2D eigenvalue weighted by Gasteiger charge is -2.14. The highest BCUT2D eigenvalue weighted by Gasteiger charge is 2.31. The van der Waals surface area contributed by atoms with Crippen LogP contribution in [0.25, 0.3) is 6.08 Å². The lowest BCUT2D eigenvalue weighted by Crippen LogP contribution is -2.29. The molecule has 30 heavy (non-hydrogen) atoms. The number of rotatable bonds is 7. The molecule has 4 nitrogen and oxygen atoms in total. The number of amides is 2. The Bertz CT molecular complexity index is 1000. The predicted molar refractivity (Wildman–Crippen MR) is 137 cm³/mol. The molecule has 0 spiro atoms. The third kappa shape index (κ3) is 6.52. The predicted octanol–water partition coefficient (Wildman–Crippen LogP) is 5.86. The molecule has 1 aliphatic rings. The summed E-state index contributed by atoms with van der Waals surface area (Å²) < 4.78 is 1.65. The molecule has 3 rings (SSSR count). The number of allylic oxidation sites excluding steroid dienone is 2. The Labute approximate surface area is 199 Å². The summed E-state index contributed by atoms with van der Waals surface area (Å²) in [6.45, 7) is 2.40. The number of nitrogens with zero attached hydrogens (tertiary/aromatic N) is 1. The Morgan fingerprint density at radius 3 is 2.57 bits per heavy atom. The third-order valence-electron chi connectivity index (χ3n) is 4.34. The van der Waals surface area contributed by atoms with E-state index in [2.05, 4.69) is 27.9 Å². The van der Waals surface area contributed by atoms with Crippen molar-refractivity contribution in [1.29, 1.82) is 0 Å². The number of halogens is 1. The van der Waals surface area contributed by atoms with E-state index in [9.17, 15) is 9.59 Å². The first kappa shape index (κ1) is 22.7. The van der Waals surface area contributed by atoms with Gasteiger partial charge in [-0.05, 0) is 77.4 Å². The molecular formula is C23H21IN2O2S2. The van der Waals surface area contributed by atoms with E-state index in [0.29, 0.717) is 28.6 Å². The highest BCUT2D eigenvalue weighted by molar-refractivity contribution is 14.1. The van der Waals surface area contributed by atoms with Crippen LogP contribution in [0.15, 0.2) is 71.2 Å². The average Bonchev–Trinajstić information content (AvgIpc) is 2.97. The molecule has 7 heteroatoms. The van der Waals surface area contributed by atoms with Crippen molar-refractivity contribution in [3.05, 3.63) is 80.3 Å². The Morgan fingerprint density at radius 1 is 1.17 bits per heavy atom. The van der Waals surface area contributed by atoms with E-state index in [0.717, 1.165) is 20.4 Å². The van der Waals surface area contributed by atoms with Gasteiger partial charge in [0.2, 0.25) is 5.91 Å². The first-order valence-corrected chi connectivity index (χ1v) is 11.8. The van der Waals surface area contributed by atoms with Crippen molar-refractivity contribution >= 4 is 74.5 Å². The number of nitrogens with one attached hydrogen (secondary N) is 1. The summed E-state index contributed by atoms with van der Waals surface area (Å²) >= 11 is 8.91. The summed E-state index contributed by atoms with van der Waals surface area (Å²) in [5, 5.41) is 2.87. The summed E-state index contributed by atoms with van der Waals surface area (Å²) in [5.41, 5.74) is 2.84. The maximum atomic E-state index is 12.7. The van der Waals surface area contributed by atoms with Gasteiger partial charge in [-0.2, -0.15) is 0 Å². The topological polar surface area (TPSA) is 49.4 Å². The second kappa shape index (κ2) is 10.9. The molecule has 0 saturated carbocycles. The van der Waals surface area contributed by atoms with Crippen molar-refractivity contribution in [1.82, 2.24) is 4.90 Å². The van der Waals surface area contributed by atoms with Crippen molar-refractivity contribution in [2.75, 3.05) is 11.9 Å². The molecule has 0 radical (unpaired) electrons. The van der Waals surface area contributed by atoms with E-state index in [-0.39, 0.29) is 11.8 Å². The van der Waals surface area contributed by atoms with Crippen LogP contribution in [0.5, 0.6) is 0 Å². The van der Waals surface area contributed by atoms with Crippen molar-refractivity contribution in [3.63, 3.8) is 0 Å². The van der Waals surface area contributed by atoms with Gasteiger partial charge in [0, 0.05) is 22.2 Å². The SMILES string of the molecule is CC(=Cc1ccccc1)C=C1SC(=S)N(CCCC(=O)Nc2ccc(I)cc2)C1=O. The smallest absolute Gasteiger partial charge is 0.266 e. The van der Waals surface area contributed by atoms with Crippen LogP contribution in [0.4, 0.5) is 5.69 Å². The number of thiocarbonyl (C=S) groups is 1. The highest BCUT2D eigenvalue weighted by atomic mass is 127. The van der Waals surface area contributed by atoms with Gasteiger partial charge in [-0.25, -0.2) is 0 Å². The first-order valence-electron chi connectivity index (χ1n) is 9.46. The van der Waals surface area contributed by atoms with Gasteiger partial charge in [0.25, 0.3) is 5.91 Å². The Kier molecular flexibility index (Phi) is 8.24. The number of thioether (sulfide) groups is 1. The fourth-order valence-electron chi connectivity index (χ4n) is 2.91. The van der Waals surface area contributed by atoms with Crippen LogP contribution in [0.3, 0.4) is 0 Å². The molecule has 0 aromatic heterocycles. The molecule has 0 bridgehead atoms. The largest absolute Gasteiger partial charge is 0.326 e. The zero-order valence-corrected chi connectivity index (χ0v) is 20.2. The van der Waals surface area contributed by atoms with E-state index in [4.69, 9.17) is 12.2 Å². The minimum Gasteiger partial charge on any atom is -0.326 e. The molecule has 1 N–H and O–H groups in total. The van der Waals surface area contributed by atoms with Gasteiger partial charge in [0.1, 0.15) is 4.32 Å². The van der Waals surface area contributed by atoms with Crippen LogP contribution in [0, 0.1) is 3.57 Å². The van der Waals surface area contributed by atoms with Gasteiger partial charge in [-0.3, -0.25) is 14.5 Å². The Morgan fingerprint density at radius 2 is 1.87 bits per heavy atom. The molecule has 0 aliphatic carbocycles. The first-order chi connectivity index (χ1) is 14.4. The summed E-state index contributed by atoms with van der Waals surface area (Å²) in [6.07, 6.45) is 4.78. The van der Waals surface area contributed by atoms with Crippen LogP contribution in [-0.4, -0.2) is 27.6 Å². The van der Waals surface area contributed by atoms with Crippen molar-refractivity contribution in [2.45, 2.75) is 19.8 Å². The van der Waals surface area contributed by atoms with E-state index in [1.807, 2.05) is 73.7 Å². The summed E-state index contributed by atoms with van der Waals surface area (Å²) in [5.74, 6) is -0.164. The van der Waals surface area contributed by atoms with Crippen LogP contribution in [-0.2, 0) is 9.59 Å². The van der Waals surface area contributed by atoms with Gasteiger partial charge in [-0.1, -0.05) is 60.4 Å². The quantitative estimate of drug-likeness (QED) is 0.268. The second-order valence-electron chi connectivity index (χ2n) is 6.79.